The van der Waals surface area contributed by atoms with E-state index < -0.39 is 17.6 Å². The van der Waals surface area contributed by atoms with E-state index in [0.717, 1.165) is 12.1 Å². The monoisotopic (exact) mass is 305 g/mol. The average Bonchev–Trinajstić information content (AvgIpc) is 2.33. The summed E-state index contributed by atoms with van der Waals surface area (Å²) < 4.78 is 51.3. The molecular weight excluding hydrogens is 298 g/mol. The molecule has 0 saturated carbocycles. The summed E-state index contributed by atoms with van der Waals surface area (Å²) in [6.45, 7) is 1.51. The van der Waals surface area contributed by atoms with Gasteiger partial charge in [-0.3, -0.25) is 0 Å². The Morgan fingerprint density at radius 3 is 2.40 bits per heavy atom. The second-order valence-electron chi connectivity index (χ2n) is 4.02. The molecule has 1 aromatic carbocycles. The van der Waals surface area contributed by atoms with Crippen molar-refractivity contribution in [2.24, 2.45) is 0 Å². The number of nitrogens with zero attached hydrogens (tertiary/aromatic N) is 2. The number of nitrogen functional groups attached to an aromatic ring is 1. The van der Waals surface area contributed by atoms with Crippen LogP contribution < -0.4 is 5.73 Å². The number of hydrogen-bond acceptors (Lipinski definition) is 3. The molecule has 0 radical (unpaired) electrons. The maximum Gasteiger partial charge on any atom is 0.416 e. The highest BCUT2D eigenvalue weighted by molar-refractivity contribution is 6.32. The number of anilines is 1. The Hall–Kier alpha value is -1.89. The van der Waals surface area contributed by atoms with Gasteiger partial charge in [0.1, 0.15) is 17.3 Å². The number of aromatic nitrogens is 2. The Morgan fingerprint density at radius 1 is 1.20 bits per heavy atom. The molecule has 1 aromatic heterocycles. The summed E-state index contributed by atoms with van der Waals surface area (Å²) in [5.74, 6) is -0.848. The molecule has 0 aliphatic carbocycles. The Morgan fingerprint density at radius 2 is 1.85 bits per heavy atom. The Balaban J connectivity index is 2.60. The summed E-state index contributed by atoms with van der Waals surface area (Å²) in [5.41, 5.74) is 4.26. The molecule has 0 aliphatic rings. The summed E-state index contributed by atoms with van der Waals surface area (Å²) in [6, 6.07) is 2.11. The van der Waals surface area contributed by atoms with Gasteiger partial charge in [0.25, 0.3) is 0 Å². The number of benzene rings is 1. The molecule has 0 atom stereocenters. The van der Waals surface area contributed by atoms with Gasteiger partial charge in [0.2, 0.25) is 0 Å². The van der Waals surface area contributed by atoms with Gasteiger partial charge in [-0.05, 0) is 25.1 Å². The van der Waals surface area contributed by atoms with Gasteiger partial charge < -0.3 is 5.73 Å². The summed E-state index contributed by atoms with van der Waals surface area (Å²) in [4.78, 5) is 7.69. The highest BCUT2D eigenvalue weighted by Crippen LogP contribution is 2.35. The molecule has 2 rings (SSSR count). The van der Waals surface area contributed by atoms with Gasteiger partial charge in [0.05, 0.1) is 11.3 Å². The zero-order valence-electron chi connectivity index (χ0n) is 10.1. The van der Waals surface area contributed by atoms with Crippen LogP contribution in [0.2, 0.25) is 5.15 Å². The van der Waals surface area contributed by atoms with E-state index in [1.165, 1.54) is 6.92 Å². The van der Waals surface area contributed by atoms with Crippen molar-refractivity contribution in [2.45, 2.75) is 13.1 Å². The third kappa shape index (κ3) is 2.67. The van der Waals surface area contributed by atoms with Crippen molar-refractivity contribution in [3.05, 3.63) is 40.6 Å². The molecule has 2 aromatic rings. The van der Waals surface area contributed by atoms with Crippen LogP contribution in [0.3, 0.4) is 0 Å². The third-order valence-corrected chi connectivity index (χ3v) is 2.85. The van der Waals surface area contributed by atoms with E-state index in [-0.39, 0.29) is 27.9 Å². The quantitative estimate of drug-likeness (QED) is 0.643. The molecule has 0 fully saturated rings. The highest BCUT2D eigenvalue weighted by atomic mass is 35.5. The van der Waals surface area contributed by atoms with Gasteiger partial charge in [-0.25, -0.2) is 14.4 Å². The number of halogens is 5. The first-order chi connectivity index (χ1) is 9.20. The first-order valence-corrected chi connectivity index (χ1v) is 5.74. The fourth-order valence-electron chi connectivity index (χ4n) is 1.64. The Kier molecular flexibility index (Phi) is 3.56. The van der Waals surface area contributed by atoms with E-state index in [1.807, 2.05) is 0 Å². The van der Waals surface area contributed by atoms with Crippen LogP contribution >= 0.6 is 11.6 Å². The number of rotatable bonds is 1. The smallest absolute Gasteiger partial charge is 0.394 e. The van der Waals surface area contributed by atoms with Gasteiger partial charge in [-0.1, -0.05) is 11.6 Å². The van der Waals surface area contributed by atoms with Crippen LogP contribution in [0.1, 0.15) is 11.4 Å². The lowest BCUT2D eigenvalue weighted by molar-refractivity contribution is -0.137. The minimum Gasteiger partial charge on any atom is -0.394 e. The van der Waals surface area contributed by atoms with Gasteiger partial charge in [0.15, 0.2) is 5.15 Å². The van der Waals surface area contributed by atoms with E-state index in [2.05, 4.69) is 9.97 Å². The van der Waals surface area contributed by atoms with E-state index in [9.17, 15) is 17.6 Å². The largest absolute Gasteiger partial charge is 0.416 e. The molecule has 0 amide bonds. The van der Waals surface area contributed by atoms with Crippen molar-refractivity contribution >= 4 is 17.3 Å². The molecule has 2 N–H and O–H groups in total. The van der Waals surface area contributed by atoms with Crippen molar-refractivity contribution in [3.8, 4) is 11.3 Å². The minimum atomic E-state index is -4.62. The standard InChI is InChI=1S/C12H8ClF4N3/c1-5-19-10(9(18)11(13)20-5)7-3-2-6(4-8(7)14)12(15,16)17/h2-4H,18H2,1H3. The molecule has 3 nitrogen and oxygen atoms in total. The maximum atomic E-state index is 13.9. The van der Waals surface area contributed by atoms with E-state index in [1.54, 1.807) is 0 Å². The second-order valence-corrected chi connectivity index (χ2v) is 4.37. The minimum absolute atomic E-state index is 0.0336. The Bertz CT molecular complexity index is 670. The van der Waals surface area contributed by atoms with Crippen LogP contribution in [-0.4, -0.2) is 9.97 Å². The topological polar surface area (TPSA) is 51.8 Å². The summed E-state index contributed by atoms with van der Waals surface area (Å²) in [6.07, 6.45) is -4.62. The fourth-order valence-corrected chi connectivity index (χ4v) is 1.85. The van der Waals surface area contributed by atoms with Crippen LogP contribution in [0.4, 0.5) is 23.2 Å². The molecule has 0 unspecified atom stereocenters. The van der Waals surface area contributed by atoms with Crippen LogP contribution in [0.15, 0.2) is 18.2 Å². The normalized spacial score (nSPS) is 11.7. The molecule has 1 heterocycles. The lowest BCUT2D eigenvalue weighted by Crippen LogP contribution is -2.06. The number of alkyl halides is 3. The average molecular weight is 306 g/mol. The third-order valence-electron chi connectivity index (χ3n) is 2.56. The van der Waals surface area contributed by atoms with Gasteiger partial charge in [-0.15, -0.1) is 0 Å². The zero-order valence-corrected chi connectivity index (χ0v) is 10.8. The molecule has 0 aliphatic heterocycles. The van der Waals surface area contributed by atoms with E-state index in [4.69, 9.17) is 17.3 Å². The summed E-state index contributed by atoms with van der Waals surface area (Å²) >= 11 is 5.75. The van der Waals surface area contributed by atoms with Crippen molar-refractivity contribution < 1.29 is 17.6 Å². The summed E-state index contributed by atoms with van der Waals surface area (Å²) in [5, 5.41) is -0.0770. The Labute approximate surface area is 116 Å². The van der Waals surface area contributed by atoms with Crippen molar-refractivity contribution in [3.63, 3.8) is 0 Å². The predicted octanol–water partition coefficient (Wildman–Crippen LogP) is 3.85. The first-order valence-electron chi connectivity index (χ1n) is 5.37. The van der Waals surface area contributed by atoms with Crippen molar-refractivity contribution in [2.75, 3.05) is 5.73 Å². The number of hydrogen-bond donors (Lipinski definition) is 1. The number of aryl methyl sites for hydroxylation is 1. The SMILES string of the molecule is Cc1nc(Cl)c(N)c(-c2ccc(C(F)(F)F)cc2F)n1. The number of nitrogens with two attached hydrogens (primary N) is 1. The van der Waals surface area contributed by atoms with Crippen molar-refractivity contribution in [1.29, 1.82) is 0 Å². The molecular formula is C12H8ClF4N3. The maximum absolute atomic E-state index is 13.9. The van der Waals surface area contributed by atoms with E-state index in [0.29, 0.717) is 6.07 Å². The second kappa shape index (κ2) is 4.90. The van der Waals surface area contributed by atoms with Gasteiger partial charge in [0, 0.05) is 5.56 Å². The molecule has 20 heavy (non-hydrogen) atoms. The summed E-state index contributed by atoms with van der Waals surface area (Å²) in [7, 11) is 0. The lowest BCUT2D eigenvalue weighted by Gasteiger charge is -2.11. The fraction of sp³-hybridized carbons (Fsp3) is 0.167. The molecule has 106 valence electrons. The van der Waals surface area contributed by atoms with Crippen LogP contribution in [-0.2, 0) is 6.18 Å². The van der Waals surface area contributed by atoms with Crippen LogP contribution in [0.25, 0.3) is 11.3 Å². The molecule has 0 bridgehead atoms. The van der Waals surface area contributed by atoms with Gasteiger partial charge >= 0.3 is 6.18 Å². The van der Waals surface area contributed by atoms with Crippen molar-refractivity contribution in [1.82, 2.24) is 9.97 Å². The first kappa shape index (κ1) is 14.5. The van der Waals surface area contributed by atoms with E-state index >= 15 is 0 Å². The molecule has 0 saturated heterocycles. The van der Waals surface area contributed by atoms with Crippen LogP contribution in [0, 0.1) is 12.7 Å². The predicted molar refractivity (Wildman–Crippen MR) is 66.6 cm³/mol. The molecule has 8 heteroatoms. The lowest BCUT2D eigenvalue weighted by atomic mass is 10.1. The van der Waals surface area contributed by atoms with Gasteiger partial charge in [-0.2, -0.15) is 13.2 Å². The molecule has 0 spiro atoms. The van der Waals surface area contributed by atoms with Crippen LogP contribution in [0.5, 0.6) is 0 Å². The highest BCUT2D eigenvalue weighted by Gasteiger charge is 2.31. The zero-order chi connectivity index (χ0) is 15.1.